The van der Waals surface area contributed by atoms with E-state index in [0.29, 0.717) is 6.54 Å². The molecule has 0 bridgehead atoms. The Balaban J connectivity index is 1.98. The first-order chi connectivity index (χ1) is 9.63. The van der Waals surface area contributed by atoms with Crippen molar-refractivity contribution >= 4 is 11.6 Å². The lowest BCUT2D eigenvalue weighted by Crippen LogP contribution is -2.40. The summed E-state index contributed by atoms with van der Waals surface area (Å²) in [6, 6.07) is 5.76. The third-order valence-corrected chi connectivity index (χ3v) is 3.32. The Bertz CT molecular complexity index is 505. The van der Waals surface area contributed by atoms with E-state index in [-0.39, 0.29) is 36.6 Å². The molecule has 0 saturated carbocycles. The van der Waals surface area contributed by atoms with E-state index in [1.165, 1.54) is 18.2 Å². The van der Waals surface area contributed by atoms with Gasteiger partial charge >= 0.3 is 5.69 Å². The van der Waals surface area contributed by atoms with E-state index in [2.05, 4.69) is 0 Å². The standard InChI is InChI=1S/C13H16N2O5/c16-8-10-4-3-7-14(10)13(17)9-20-12-6-2-1-5-11(12)15(18)19/h1-2,5-6,10,16H,3-4,7-9H2/t10-/m1/s1. The lowest BCUT2D eigenvalue weighted by molar-refractivity contribution is -0.385. The number of aliphatic hydroxyl groups excluding tert-OH is 1. The maximum absolute atomic E-state index is 12.0. The van der Waals surface area contributed by atoms with Gasteiger partial charge in [-0.15, -0.1) is 0 Å². The average molecular weight is 280 g/mol. The first-order valence-electron chi connectivity index (χ1n) is 6.40. The molecule has 7 heteroatoms. The van der Waals surface area contributed by atoms with Crippen LogP contribution in [0.4, 0.5) is 5.69 Å². The molecule has 1 aromatic rings. The highest BCUT2D eigenvalue weighted by atomic mass is 16.6. The zero-order valence-electron chi connectivity index (χ0n) is 10.9. The molecular formula is C13H16N2O5. The molecule has 2 rings (SSSR count). The number of rotatable bonds is 5. The molecular weight excluding hydrogens is 264 g/mol. The first kappa shape index (κ1) is 14.3. The molecule has 108 valence electrons. The average Bonchev–Trinajstić information content (AvgIpc) is 2.93. The zero-order valence-corrected chi connectivity index (χ0v) is 10.9. The Kier molecular flexibility index (Phi) is 4.52. The molecule has 1 heterocycles. The second-order valence-electron chi connectivity index (χ2n) is 4.58. The highest BCUT2D eigenvalue weighted by Gasteiger charge is 2.28. The van der Waals surface area contributed by atoms with E-state index in [1.54, 1.807) is 11.0 Å². The quantitative estimate of drug-likeness (QED) is 0.640. The molecule has 1 atom stereocenters. The Morgan fingerprint density at radius 1 is 1.50 bits per heavy atom. The minimum absolute atomic E-state index is 0.0722. The number of carbonyl (C=O) groups excluding carboxylic acids is 1. The first-order valence-corrected chi connectivity index (χ1v) is 6.40. The maximum Gasteiger partial charge on any atom is 0.310 e. The van der Waals surface area contributed by atoms with Crippen LogP contribution in [0.5, 0.6) is 5.75 Å². The van der Waals surface area contributed by atoms with E-state index < -0.39 is 4.92 Å². The van der Waals surface area contributed by atoms with Crippen molar-refractivity contribution in [2.24, 2.45) is 0 Å². The van der Waals surface area contributed by atoms with Gasteiger partial charge in [0.05, 0.1) is 17.6 Å². The number of ether oxygens (including phenoxy) is 1. The van der Waals surface area contributed by atoms with Crippen molar-refractivity contribution < 1.29 is 19.6 Å². The Morgan fingerprint density at radius 3 is 2.95 bits per heavy atom. The van der Waals surface area contributed by atoms with Crippen LogP contribution in [-0.4, -0.2) is 46.6 Å². The van der Waals surface area contributed by atoms with Crippen LogP contribution in [0.1, 0.15) is 12.8 Å². The molecule has 1 aliphatic rings. The molecule has 7 nitrogen and oxygen atoms in total. The molecule has 0 aromatic heterocycles. The van der Waals surface area contributed by atoms with Crippen LogP contribution >= 0.6 is 0 Å². The van der Waals surface area contributed by atoms with Crippen molar-refractivity contribution in [2.75, 3.05) is 19.8 Å². The normalized spacial score (nSPS) is 18.1. The predicted molar refractivity (Wildman–Crippen MR) is 70.4 cm³/mol. The number of nitrogens with zero attached hydrogens (tertiary/aromatic N) is 2. The molecule has 0 radical (unpaired) electrons. The Labute approximate surface area is 115 Å². The molecule has 1 N–H and O–H groups in total. The van der Waals surface area contributed by atoms with Gasteiger partial charge in [0.1, 0.15) is 0 Å². The highest BCUT2D eigenvalue weighted by molar-refractivity contribution is 5.78. The number of nitro groups is 1. The summed E-state index contributed by atoms with van der Waals surface area (Å²) in [7, 11) is 0. The van der Waals surface area contributed by atoms with Gasteiger partial charge < -0.3 is 14.7 Å². The van der Waals surface area contributed by atoms with Crippen molar-refractivity contribution in [3.63, 3.8) is 0 Å². The summed E-state index contributed by atoms with van der Waals surface area (Å²) in [5, 5.41) is 20.0. The van der Waals surface area contributed by atoms with E-state index in [0.717, 1.165) is 12.8 Å². The molecule has 1 amide bonds. The van der Waals surface area contributed by atoms with Gasteiger partial charge in [-0.2, -0.15) is 0 Å². The van der Waals surface area contributed by atoms with Gasteiger partial charge in [0, 0.05) is 12.6 Å². The summed E-state index contributed by atoms with van der Waals surface area (Å²) in [5.74, 6) is -0.190. The fraction of sp³-hybridized carbons (Fsp3) is 0.462. The number of carbonyl (C=O) groups is 1. The van der Waals surface area contributed by atoms with Gasteiger partial charge in [-0.1, -0.05) is 12.1 Å². The smallest absolute Gasteiger partial charge is 0.310 e. The van der Waals surface area contributed by atoms with Crippen LogP contribution in [0, 0.1) is 10.1 Å². The second-order valence-corrected chi connectivity index (χ2v) is 4.58. The van der Waals surface area contributed by atoms with Crippen LogP contribution in [-0.2, 0) is 4.79 Å². The van der Waals surface area contributed by atoms with Gasteiger partial charge in [-0.3, -0.25) is 14.9 Å². The van der Waals surface area contributed by atoms with Crippen LogP contribution in [0.25, 0.3) is 0 Å². The van der Waals surface area contributed by atoms with Crippen molar-refractivity contribution in [1.82, 2.24) is 4.90 Å². The summed E-state index contributed by atoms with van der Waals surface area (Å²) in [5.41, 5.74) is -0.166. The lowest BCUT2D eigenvalue weighted by Gasteiger charge is -2.22. The number of hydrogen-bond acceptors (Lipinski definition) is 5. The van der Waals surface area contributed by atoms with Gasteiger partial charge in [-0.05, 0) is 18.9 Å². The molecule has 0 unspecified atom stereocenters. The molecule has 1 aromatic carbocycles. The molecule has 1 saturated heterocycles. The van der Waals surface area contributed by atoms with E-state index in [9.17, 15) is 14.9 Å². The maximum atomic E-state index is 12.0. The number of likely N-dealkylation sites (tertiary alicyclic amines) is 1. The Hall–Kier alpha value is -2.15. The second kappa shape index (κ2) is 6.33. The number of amides is 1. The predicted octanol–water partition coefficient (Wildman–Crippen LogP) is 0.957. The SMILES string of the molecule is O=C(COc1ccccc1[N+](=O)[O-])N1CCC[C@@H]1CO. The van der Waals surface area contributed by atoms with E-state index in [4.69, 9.17) is 9.84 Å². The summed E-state index contributed by atoms with van der Waals surface area (Å²) in [6.07, 6.45) is 1.62. The van der Waals surface area contributed by atoms with Gasteiger partial charge in [0.2, 0.25) is 0 Å². The van der Waals surface area contributed by atoms with Crippen LogP contribution in [0.3, 0.4) is 0 Å². The fourth-order valence-electron chi connectivity index (χ4n) is 2.31. The highest BCUT2D eigenvalue weighted by Crippen LogP contribution is 2.26. The minimum Gasteiger partial charge on any atom is -0.477 e. The zero-order chi connectivity index (χ0) is 14.5. The third-order valence-electron chi connectivity index (χ3n) is 3.32. The Morgan fingerprint density at radius 2 is 2.25 bits per heavy atom. The van der Waals surface area contributed by atoms with Gasteiger partial charge in [0.15, 0.2) is 12.4 Å². The summed E-state index contributed by atoms with van der Waals surface area (Å²) >= 11 is 0. The largest absolute Gasteiger partial charge is 0.477 e. The molecule has 1 aliphatic heterocycles. The molecule has 0 aliphatic carbocycles. The van der Waals surface area contributed by atoms with Gasteiger partial charge in [0.25, 0.3) is 5.91 Å². The summed E-state index contributed by atoms with van der Waals surface area (Å²) < 4.78 is 5.25. The lowest BCUT2D eigenvalue weighted by atomic mass is 10.2. The third kappa shape index (κ3) is 3.05. The van der Waals surface area contributed by atoms with Gasteiger partial charge in [-0.25, -0.2) is 0 Å². The number of aliphatic hydroxyl groups is 1. The molecule has 20 heavy (non-hydrogen) atoms. The van der Waals surface area contributed by atoms with Crippen molar-refractivity contribution in [2.45, 2.75) is 18.9 Å². The summed E-state index contributed by atoms with van der Waals surface area (Å²) in [6.45, 7) is 0.253. The number of hydrogen-bond donors (Lipinski definition) is 1. The monoisotopic (exact) mass is 280 g/mol. The van der Waals surface area contributed by atoms with Crippen molar-refractivity contribution in [3.05, 3.63) is 34.4 Å². The fourth-order valence-corrected chi connectivity index (χ4v) is 2.31. The van der Waals surface area contributed by atoms with E-state index >= 15 is 0 Å². The number of benzene rings is 1. The molecule has 1 fully saturated rings. The molecule has 0 spiro atoms. The number of nitro benzene ring substituents is 1. The summed E-state index contributed by atoms with van der Waals surface area (Å²) in [4.78, 5) is 23.8. The van der Waals surface area contributed by atoms with Crippen LogP contribution < -0.4 is 4.74 Å². The van der Waals surface area contributed by atoms with E-state index in [1.807, 2.05) is 0 Å². The van der Waals surface area contributed by atoms with Crippen LogP contribution in [0.2, 0.25) is 0 Å². The van der Waals surface area contributed by atoms with Crippen LogP contribution in [0.15, 0.2) is 24.3 Å². The number of para-hydroxylation sites is 2. The van der Waals surface area contributed by atoms with Crippen molar-refractivity contribution in [3.8, 4) is 5.75 Å². The topological polar surface area (TPSA) is 92.9 Å². The minimum atomic E-state index is -0.549. The van der Waals surface area contributed by atoms with Crippen molar-refractivity contribution in [1.29, 1.82) is 0 Å².